The smallest absolute Gasteiger partial charge is 0.316 e. The largest absolute Gasteiger partial charge is 0.494 e. The fourth-order valence-corrected chi connectivity index (χ4v) is 3.43. The van der Waals surface area contributed by atoms with E-state index in [1.54, 1.807) is 11.0 Å². The lowest BCUT2D eigenvalue weighted by Crippen LogP contribution is -2.27. The molecular formula is C23H21NO4. The van der Waals surface area contributed by atoms with E-state index in [-0.39, 0.29) is 18.3 Å². The maximum atomic E-state index is 12.6. The summed E-state index contributed by atoms with van der Waals surface area (Å²) in [5.74, 6) is 0.313. The summed E-state index contributed by atoms with van der Waals surface area (Å²) in [5.41, 5.74) is 0.759. The normalized spacial score (nSPS) is 16.4. The van der Waals surface area contributed by atoms with Crippen LogP contribution in [0.1, 0.15) is 13.3 Å². The highest BCUT2D eigenvalue weighted by molar-refractivity contribution is 5.99. The number of nitrogens with zero attached hydrogens (tertiary/aromatic N) is 1. The predicted octanol–water partition coefficient (Wildman–Crippen LogP) is 4.20. The lowest BCUT2D eigenvalue weighted by atomic mass is 10.1. The van der Waals surface area contributed by atoms with Crippen molar-refractivity contribution >= 4 is 28.3 Å². The van der Waals surface area contributed by atoms with E-state index in [4.69, 9.17) is 9.47 Å². The van der Waals surface area contributed by atoms with E-state index in [1.807, 2.05) is 67.6 Å². The monoisotopic (exact) mass is 375 g/mol. The van der Waals surface area contributed by atoms with Gasteiger partial charge in [-0.1, -0.05) is 30.3 Å². The minimum atomic E-state index is -0.481. The molecule has 1 aliphatic heterocycles. The third-order valence-electron chi connectivity index (χ3n) is 4.86. The van der Waals surface area contributed by atoms with Crippen LogP contribution in [0.4, 0.5) is 5.69 Å². The molecule has 5 heteroatoms. The first-order chi connectivity index (χ1) is 13.6. The van der Waals surface area contributed by atoms with Crippen LogP contribution >= 0.6 is 0 Å². The predicted molar refractivity (Wildman–Crippen MR) is 108 cm³/mol. The summed E-state index contributed by atoms with van der Waals surface area (Å²) in [6, 6.07) is 20.7. The van der Waals surface area contributed by atoms with Crippen molar-refractivity contribution in [2.75, 3.05) is 18.1 Å². The summed E-state index contributed by atoms with van der Waals surface area (Å²) in [6.07, 6.45) is 0.152. The number of hydrogen-bond acceptors (Lipinski definition) is 4. The van der Waals surface area contributed by atoms with Gasteiger partial charge < -0.3 is 14.4 Å². The van der Waals surface area contributed by atoms with Gasteiger partial charge >= 0.3 is 5.97 Å². The van der Waals surface area contributed by atoms with Crippen molar-refractivity contribution < 1.29 is 19.1 Å². The van der Waals surface area contributed by atoms with Gasteiger partial charge in [0.1, 0.15) is 11.5 Å². The van der Waals surface area contributed by atoms with Crippen LogP contribution in [0.3, 0.4) is 0 Å². The van der Waals surface area contributed by atoms with Crippen molar-refractivity contribution in [2.24, 2.45) is 5.92 Å². The minimum Gasteiger partial charge on any atom is -0.494 e. The molecule has 1 saturated heterocycles. The van der Waals surface area contributed by atoms with Crippen LogP contribution in [-0.2, 0) is 9.59 Å². The highest BCUT2D eigenvalue weighted by atomic mass is 16.5. The molecule has 5 nitrogen and oxygen atoms in total. The van der Waals surface area contributed by atoms with E-state index in [0.29, 0.717) is 18.9 Å². The van der Waals surface area contributed by atoms with E-state index >= 15 is 0 Å². The molecule has 1 fully saturated rings. The number of amides is 1. The van der Waals surface area contributed by atoms with Gasteiger partial charge in [0.25, 0.3) is 0 Å². The molecule has 0 N–H and O–H groups in total. The Morgan fingerprint density at radius 3 is 2.46 bits per heavy atom. The molecule has 28 heavy (non-hydrogen) atoms. The van der Waals surface area contributed by atoms with Crippen LogP contribution in [-0.4, -0.2) is 25.0 Å². The molecule has 3 aromatic carbocycles. The van der Waals surface area contributed by atoms with Crippen molar-refractivity contribution in [3.63, 3.8) is 0 Å². The molecule has 0 radical (unpaired) electrons. The Morgan fingerprint density at radius 1 is 1.00 bits per heavy atom. The van der Waals surface area contributed by atoms with Gasteiger partial charge in [-0.3, -0.25) is 9.59 Å². The van der Waals surface area contributed by atoms with E-state index in [2.05, 4.69) is 0 Å². The maximum Gasteiger partial charge on any atom is 0.316 e. The Balaban J connectivity index is 1.44. The maximum absolute atomic E-state index is 12.6. The van der Waals surface area contributed by atoms with Gasteiger partial charge in [-0.25, -0.2) is 0 Å². The second kappa shape index (κ2) is 7.72. The number of esters is 1. The number of benzene rings is 3. The molecule has 0 aliphatic carbocycles. The van der Waals surface area contributed by atoms with Crippen molar-refractivity contribution in [3.8, 4) is 11.5 Å². The fraction of sp³-hybridized carbons (Fsp3) is 0.217. The first kappa shape index (κ1) is 18.0. The van der Waals surface area contributed by atoms with Gasteiger partial charge in [-0.05, 0) is 54.1 Å². The van der Waals surface area contributed by atoms with Gasteiger partial charge in [0.2, 0.25) is 5.91 Å². The zero-order valence-electron chi connectivity index (χ0n) is 15.6. The van der Waals surface area contributed by atoms with Crippen molar-refractivity contribution in [1.82, 2.24) is 0 Å². The number of anilines is 1. The molecule has 4 rings (SSSR count). The molecule has 1 amide bonds. The standard InChI is InChI=1S/C23H21NO4/c1-2-27-20-11-8-19(9-12-20)24-15-18(14-22(24)25)23(26)28-21-10-7-16-5-3-4-6-17(16)13-21/h3-13,18H,2,14-15H2,1H3/t18-/m1/s1. The average Bonchev–Trinajstić information content (AvgIpc) is 3.11. The second-order valence-corrected chi connectivity index (χ2v) is 6.76. The molecule has 0 bridgehead atoms. The van der Waals surface area contributed by atoms with Crippen LogP contribution in [0.25, 0.3) is 10.8 Å². The molecule has 0 aromatic heterocycles. The van der Waals surface area contributed by atoms with Crippen LogP contribution in [0.15, 0.2) is 66.7 Å². The van der Waals surface area contributed by atoms with Crippen LogP contribution in [0.2, 0.25) is 0 Å². The molecular weight excluding hydrogens is 354 g/mol. The van der Waals surface area contributed by atoms with Crippen LogP contribution in [0, 0.1) is 5.92 Å². The minimum absolute atomic E-state index is 0.0791. The molecule has 0 spiro atoms. The molecule has 1 heterocycles. The molecule has 142 valence electrons. The van der Waals surface area contributed by atoms with E-state index in [1.165, 1.54) is 0 Å². The Hall–Kier alpha value is -3.34. The lowest BCUT2D eigenvalue weighted by Gasteiger charge is -2.17. The van der Waals surface area contributed by atoms with Crippen LogP contribution < -0.4 is 14.4 Å². The Labute approximate surface area is 163 Å². The molecule has 3 aromatic rings. The first-order valence-electron chi connectivity index (χ1n) is 9.38. The van der Waals surface area contributed by atoms with Crippen molar-refractivity contribution in [3.05, 3.63) is 66.7 Å². The third kappa shape index (κ3) is 3.69. The summed E-state index contributed by atoms with van der Waals surface area (Å²) < 4.78 is 11.0. The number of hydrogen-bond donors (Lipinski definition) is 0. The number of carbonyl (C=O) groups excluding carboxylic acids is 2. The highest BCUT2D eigenvalue weighted by Crippen LogP contribution is 2.28. The van der Waals surface area contributed by atoms with E-state index in [0.717, 1.165) is 22.2 Å². The number of carbonyl (C=O) groups is 2. The summed E-state index contributed by atoms with van der Waals surface area (Å²) in [7, 11) is 0. The zero-order valence-corrected chi connectivity index (χ0v) is 15.6. The third-order valence-corrected chi connectivity index (χ3v) is 4.86. The number of rotatable bonds is 5. The van der Waals surface area contributed by atoms with Crippen molar-refractivity contribution in [1.29, 1.82) is 0 Å². The number of fused-ring (bicyclic) bond motifs is 1. The summed E-state index contributed by atoms with van der Waals surface area (Å²) in [5, 5.41) is 2.09. The Morgan fingerprint density at radius 2 is 1.71 bits per heavy atom. The SMILES string of the molecule is CCOc1ccc(N2C[C@H](C(=O)Oc3ccc4ccccc4c3)CC2=O)cc1. The van der Waals surface area contributed by atoms with Gasteiger partial charge in [0, 0.05) is 18.7 Å². The van der Waals surface area contributed by atoms with Crippen LogP contribution in [0.5, 0.6) is 11.5 Å². The Kier molecular flexibility index (Phi) is 4.98. The van der Waals surface area contributed by atoms with E-state index in [9.17, 15) is 9.59 Å². The average molecular weight is 375 g/mol. The lowest BCUT2D eigenvalue weighted by molar-refractivity contribution is -0.139. The molecule has 1 aliphatic rings. The second-order valence-electron chi connectivity index (χ2n) is 6.76. The molecule has 1 atom stereocenters. The van der Waals surface area contributed by atoms with Crippen molar-refractivity contribution in [2.45, 2.75) is 13.3 Å². The topological polar surface area (TPSA) is 55.8 Å². The fourth-order valence-electron chi connectivity index (χ4n) is 3.43. The Bertz CT molecular complexity index is 1010. The van der Waals surface area contributed by atoms with Gasteiger partial charge in [0.15, 0.2) is 0 Å². The summed E-state index contributed by atoms with van der Waals surface area (Å²) >= 11 is 0. The summed E-state index contributed by atoms with van der Waals surface area (Å²) in [4.78, 5) is 26.6. The van der Waals surface area contributed by atoms with E-state index < -0.39 is 5.92 Å². The zero-order chi connectivity index (χ0) is 19.5. The van der Waals surface area contributed by atoms with Gasteiger partial charge in [0.05, 0.1) is 12.5 Å². The molecule has 0 saturated carbocycles. The summed E-state index contributed by atoms with van der Waals surface area (Å²) in [6.45, 7) is 2.83. The molecule has 0 unspecified atom stereocenters. The quantitative estimate of drug-likeness (QED) is 0.495. The first-order valence-corrected chi connectivity index (χ1v) is 9.38. The number of ether oxygens (including phenoxy) is 2. The van der Waals surface area contributed by atoms with Gasteiger partial charge in [-0.15, -0.1) is 0 Å². The highest BCUT2D eigenvalue weighted by Gasteiger charge is 2.36. The van der Waals surface area contributed by atoms with Gasteiger partial charge in [-0.2, -0.15) is 0 Å².